The van der Waals surface area contributed by atoms with E-state index in [0.717, 1.165) is 6.20 Å². The van der Waals surface area contributed by atoms with Gasteiger partial charge in [-0.25, -0.2) is 0 Å². The molecule has 2 nitrogen and oxygen atoms in total. The van der Waals surface area contributed by atoms with Gasteiger partial charge in [0.25, 0.3) is 0 Å². The summed E-state index contributed by atoms with van der Waals surface area (Å²) in [5, 5.41) is 0. The van der Waals surface area contributed by atoms with Crippen LogP contribution >= 0.6 is 0 Å². The van der Waals surface area contributed by atoms with Gasteiger partial charge in [0.1, 0.15) is 5.69 Å². The number of aromatic nitrogens is 1. The van der Waals surface area contributed by atoms with E-state index in [1.54, 1.807) is 0 Å². The van der Waals surface area contributed by atoms with E-state index in [2.05, 4.69) is 11.6 Å². The van der Waals surface area contributed by atoms with Gasteiger partial charge < -0.3 is 5.73 Å². The van der Waals surface area contributed by atoms with E-state index >= 15 is 0 Å². The fourth-order valence-corrected chi connectivity index (χ4v) is 1.05. The van der Waals surface area contributed by atoms with Crippen LogP contribution in [0.15, 0.2) is 31.0 Å². The minimum Gasteiger partial charge on any atom is -0.321 e. The minimum absolute atomic E-state index is 0.0602. The van der Waals surface area contributed by atoms with Crippen LogP contribution < -0.4 is 5.73 Å². The van der Waals surface area contributed by atoms with Gasteiger partial charge in [0, 0.05) is 17.8 Å². The van der Waals surface area contributed by atoms with Gasteiger partial charge in [-0.2, -0.15) is 13.2 Å². The van der Waals surface area contributed by atoms with Crippen LogP contribution in [0.1, 0.15) is 17.3 Å². The van der Waals surface area contributed by atoms with Crippen molar-refractivity contribution in [3.8, 4) is 0 Å². The molecule has 0 spiro atoms. The van der Waals surface area contributed by atoms with Gasteiger partial charge in [-0.3, -0.25) is 4.98 Å². The van der Waals surface area contributed by atoms with Crippen molar-refractivity contribution >= 4 is 0 Å². The Balaban J connectivity index is 3.22. The van der Waals surface area contributed by atoms with Gasteiger partial charge in [-0.05, 0) is 6.07 Å². The van der Waals surface area contributed by atoms with Crippen molar-refractivity contribution in [3.63, 3.8) is 0 Å². The van der Waals surface area contributed by atoms with E-state index in [-0.39, 0.29) is 5.56 Å². The molecule has 1 heterocycles. The third-order valence-corrected chi connectivity index (χ3v) is 1.72. The van der Waals surface area contributed by atoms with Gasteiger partial charge in [-0.15, -0.1) is 6.58 Å². The molecule has 1 aromatic rings. The maximum atomic E-state index is 12.4. The Bertz CT molecular complexity index is 333. The fourth-order valence-electron chi connectivity index (χ4n) is 1.05. The summed E-state index contributed by atoms with van der Waals surface area (Å²) < 4.78 is 37.2. The molecule has 0 bridgehead atoms. The molecule has 1 rings (SSSR count). The highest BCUT2D eigenvalue weighted by atomic mass is 19.4. The van der Waals surface area contributed by atoms with Crippen LogP contribution in [0.4, 0.5) is 13.2 Å². The average molecular weight is 202 g/mol. The highest BCUT2D eigenvalue weighted by molar-refractivity contribution is 5.28. The predicted molar refractivity (Wildman–Crippen MR) is 46.4 cm³/mol. The summed E-state index contributed by atoms with van der Waals surface area (Å²) in [7, 11) is 0. The van der Waals surface area contributed by atoms with E-state index in [1.807, 2.05) is 0 Å². The molecule has 76 valence electrons. The average Bonchev–Trinajstić information content (AvgIpc) is 2.15. The molecular weight excluding hydrogens is 193 g/mol. The summed E-state index contributed by atoms with van der Waals surface area (Å²) in [5.41, 5.74) is 4.42. The number of pyridine rings is 1. The largest absolute Gasteiger partial charge is 0.433 e. The molecule has 0 unspecified atom stereocenters. The molecule has 0 amide bonds. The Morgan fingerprint density at radius 2 is 2.14 bits per heavy atom. The normalized spacial score (nSPS) is 13.7. The maximum Gasteiger partial charge on any atom is 0.433 e. The Hall–Kier alpha value is -1.36. The van der Waals surface area contributed by atoms with E-state index in [4.69, 9.17) is 5.73 Å². The third kappa shape index (κ3) is 2.11. The molecule has 5 heteroatoms. The van der Waals surface area contributed by atoms with Crippen LogP contribution in [0.5, 0.6) is 0 Å². The third-order valence-electron chi connectivity index (χ3n) is 1.72. The van der Waals surface area contributed by atoms with E-state index < -0.39 is 17.9 Å². The SMILES string of the molecule is C=C[C@H](N)c1cccnc1C(F)(F)F. The van der Waals surface area contributed by atoms with Gasteiger partial charge in [0.05, 0.1) is 0 Å². The first-order valence-corrected chi connectivity index (χ1v) is 3.87. The van der Waals surface area contributed by atoms with E-state index in [1.165, 1.54) is 18.2 Å². The summed E-state index contributed by atoms with van der Waals surface area (Å²) in [6, 6.07) is 1.86. The van der Waals surface area contributed by atoms with Crippen molar-refractivity contribution in [1.29, 1.82) is 0 Å². The first-order chi connectivity index (χ1) is 6.46. The van der Waals surface area contributed by atoms with E-state index in [9.17, 15) is 13.2 Å². The Kier molecular flexibility index (Phi) is 2.90. The molecule has 14 heavy (non-hydrogen) atoms. The Labute approximate surface area is 79.3 Å². The number of alkyl halides is 3. The van der Waals surface area contributed by atoms with Crippen molar-refractivity contribution in [2.45, 2.75) is 12.2 Å². The molecule has 0 aliphatic rings. The summed E-state index contributed by atoms with van der Waals surface area (Å²) in [6.07, 6.45) is -2.15. The first kappa shape index (κ1) is 10.7. The lowest BCUT2D eigenvalue weighted by Crippen LogP contribution is -2.17. The van der Waals surface area contributed by atoms with Crippen LogP contribution in [0, 0.1) is 0 Å². The first-order valence-electron chi connectivity index (χ1n) is 3.87. The highest BCUT2D eigenvalue weighted by Gasteiger charge is 2.35. The summed E-state index contributed by atoms with van der Waals surface area (Å²) >= 11 is 0. The van der Waals surface area contributed by atoms with Crippen LogP contribution in [0.2, 0.25) is 0 Å². The van der Waals surface area contributed by atoms with Crippen LogP contribution in [0.25, 0.3) is 0 Å². The second kappa shape index (κ2) is 3.79. The molecule has 0 fully saturated rings. The van der Waals surface area contributed by atoms with E-state index in [0.29, 0.717) is 0 Å². The van der Waals surface area contributed by atoms with Crippen molar-refractivity contribution in [3.05, 3.63) is 42.2 Å². The van der Waals surface area contributed by atoms with Crippen molar-refractivity contribution < 1.29 is 13.2 Å². The van der Waals surface area contributed by atoms with Gasteiger partial charge in [0.15, 0.2) is 0 Å². The Morgan fingerprint density at radius 3 is 2.64 bits per heavy atom. The quantitative estimate of drug-likeness (QED) is 0.747. The lowest BCUT2D eigenvalue weighted by Gasteiger charge is -2.13. The van der Waals surface area contributed by atoms with Gasteiger partial charge in [-0.1, -0.05) is 12.1 Å². The molecule has 0 saturated heterocycles. The predicted octanol–water partition coefficient (Wildman–Crippen LogP) is 2.29. The number of rotatable bonds is 2. The zero-order valence-electron chi connectivity index (χ0n) is 7.25. The van der Waals surface area contributed by atoms with Crippen molar-refractivity contribution in [2.24, 2.45) is 5.73 Å². The molecule has 0 aliphatic carbocycles. The second-order valence-corrected chi connectivity index (χ2v) is 2.70. The van der Waals surface area contributed by atoms with Crippen molar-refractivity contribution in [2.75, 3.05) is 0 Å². The standard InChI is InChI=1S/C9H9F3N2/c1-2-7(13)6-4-3-5-14-8(6)9(10,11)12/h2-5,7H,1,13H2/t7-/m0/s1. The highest BCUT2D eigenvalue weighted by Crippen LogP contribution is 2.32. The molecule has 0 aromatic carbocycles. The number of hydrogen-bond acceptors (Lipinski definition) is 2. The van der Waals surface area contributed by atoms with Crippen LogP contribution in [0.3, 0.4) is 0 Å². The fraction of sp³-hybridized carbons (Fsp3) is 0.222. The summed E-state index contributed by atoms with van der Waals surface area (Å²) in [4.78, 5) is 3.27. The lowest BCUT2D eigenvalue weighted by molar-refractivity contribution is -0.141. The summed E-state index contributed by atoms with van der Waals surface area (Å²) in [6.45, 7) is 3.34. The smallest absolute Gasteiger partial charge is 0.321 e. The minimum atomic E-state index is -4.47. The van der Waals surface area contributed by atoms with Gasteiger partial charge >= 0.3 is 6.18 Å². The number of halogens is 3. The number of nitrogens with two attached hydrogens (primary N) is 1. The molecule has 1 aromatic heterocycles. The number of nitrogens with zero attached hydrogens (tertiary/aromatic N) is 1. The molecule has 0 radical (unpaired) electrons. The zero-order valence-corrected chi connectivity index (χ0v) is 7.25. The lowest BCUT2D eigenvalue weighted by atomic mass is 10.1. The topological polar surface area (TPSA) is 38.9 Å². The molecule has 1 atom stereocenters. The Morgan fingerprint density at radius 1 is 1.50 bits per heavy atom. The molecule has 0 saturated carbocycles. The van der Waals surface area contributed by atoms with Gasteiger partial charge in [0.2, 0.25) is 0 Å². The molecular formula is C9H9F3N2. The van der Waals surface area contributed by atoms with Crippen LogP contribution in [-0.4, -0.2) is 4.98 Å². The maximum absolute atomic E-state index is 12.4. The second-order valence-electron chi connectivity index (χ2n) is 2.70. The number of hydrogen-bond donors (Lipinski definition) is 1. The van der Waals surface area contributed by atoms with Crippen molar-refractivity contribution in [1.82, 2.24) is 4.98 Å². The molecule has 0 aliphatic heterocycles. The monoisotopic (exact) mass is 202 g/mol. The van der Waals surface area contributed by atoms with Crippen LogP contribution in [-0.2, 0) is 6.18 Å². The molecule has 2 N–H and O–H groups in total. The summed E-state index contributed by atoms with van der Waals surface area (Å²) in [5.74, 6) is 0. The zero-order chi connectivity index (χ0) is 10.8.